The lowest BCUT2D eigenvalue weighted by atomic mass is 9.67. The predicted molar refractivity (Wildman–Crippen MR) is 134 cm³/mol. The first-order chi connectivity index (χ1) is 16.6. The molecule has 3 aromatic rings. The van der Waals surface area contributed by atoms with E-state index in [1.165, 1.54) is 12.1 Å². The van der Waals surface area contributed by atoms with Crippen molar-refractivity contribution in [2.75, 3.05) is 0 Å². The summed E-state index contributed by atoms with van der Waals surface area (Å²) in [5, 5.41) is 0. The topological polar surface area (TPSA) is 151 Å². The molecular formula is C27H28FN5O2. The zero-order valence-electron chi connectivity index (χ0n) is 19.4. The molecule has 35 heavy (non-hydrogen) atoms. The van der Waals surface area contributed by atoms with E-state index in [1.54, 1.807) is 36.4 Å². The van der Waals surface area contributed by atoms with Crippen LogP contribution in [0.25, 0.3) is 0 Å². The zero-order chi connectivity index (χ0) is 25.3. The van der Waals surface area contributed by atoms with E-state index in [4.69, 9.17) is 27.9 Å². The Morgan fingerprint density at radius 3 is 1.80 bits per heavy atom. The summed E-state index contributed by atoms with van der Waals surface area (Å²) in [6.07, 6.45) is 1.56. The maximum absolute atomic E-state index is 13.5. The number of halogens is 1. The van der Waals surface area contributed by atoms with Crippen molar-refractivity contribution < 1.29 is 14.0 Å². The highest BCUT2D eigenvalue weighted by Crippen LogP contribution is 2.44. The van der Waals surface area contributed by atoms with Crippen LogP contribution in [0.2, 0.25) is 0 Å². The molecule has 0 radical (unpaired) electrons. The third-order valence-electron chi connectivity index (χ3n) is 6.50. The van der Waals surface area contributed by atoms with Gasteiger partial charge in [0.25, 0.3) is 0 Å². The normalized spacial score (nSPS) is 15.5. The van der Waals surface area contributed by atoms with Gasteiger partial charge in [-0.3, -0.25) is 9.59 Å². The van der Waals surface area contributed by atoms with Crippen molar-refractivity contribution >= 4 is 23.3 Å². The number of nitrogens with zero attached hydrogens (tertiary/aromatic N) is 1. The molecule has 1 aliphatic carbocycles. The van der Waals surface area contributed by atoms with Gasteiger partial charge in [0.15, 0.2) is 0 Å². The zero-order valence-corrected chi connectivity index (χ0v) is 19.4. The number of benzene rings is 3. The third-order valence-corrected chi connectivity index (χ3v) is 6.50. The van der Waals surface area contributed by atoms with E-state index in [0.717, 1.165) is 22.3 Å². The van der Waals surface area contributed by atoms with Crippen LogP contribution in [0.3, 0.4) is 0 Å². The molecule has 8 heteroatoms. The van der Waals surface area contributed by atoms with Gasteiger partial charge in [-0.2, -0.15) is 0 Å². The Morgan fingerprint density at radius 1 is 0.886 bits per heavy atom. The Balaban J connectivity index is 2.05. The second-order valence-electron chi connectivity index (χ2n) is 9.03. The number of amidine groups is 1. The van der Waals surface area contributed by atoms with E-state index in [-0.39, 0.29) is 17.7 Å². The summed E-state index contributed by atoms with van der Waals surface area (Å²) in [5.41, 5.74) is 28.1. The molecule has 0 saturated heterocycles. The van der Waals surface area contributed by atoms with Crippen molar-refractivity contribution in [1.29, 1.82) is 0 Å². The Kier molecular flexibility index (Phi) is 6.41. The molecule has 1 atom stereocenters. The monoisotopic (exact) mass is 473 g/mol. The summed E-state index contributed by atoms with van der Waals surface area (Å²) in [5.74, 6) is -1.17. The van der Waals surface area contributed by atoms with Crippen LogP contribution in [0.1, 0.15) is 56.3 Å². The Morgan fingerprint density at radius 2 is 1.37 bits per heavy atom. The van der Waals surface area contributed by atoms with Crippen molar-refractivity contribution in [3.05, 3.63) is 99.9 Å². The predicted octanol–water partition coefficient (Wildman–Crippen LogP) is 2.83. The van der Waals surface area contributed by atoms with Gasteiger partial charge >= 0.3 is 0 Å². The van der Waals surface area contributed by atoms with E-state index >= 15 is 0 Å². The molecule has 0 spiro atoms. The molecule has 2 amide bonds. The fraction of sp³-hybridized carbons (Fsp3) is 0.222. The average Bonchev–Trinajstić information content (AvgIpc) is 2.95. The van der Waals surface area contributed by atoms with Crippen LogP contribution in [0.15, 0.2) is 65.7 Å². The summed E-state index contributed by atoms with van der Waals surface area (Å²) in [7, 11) is 0. The molecular weight excluding hydrogens is 445 g/mol. The molecule has 0 aliphatic heterocycles. The number of aryl methyl sites for hydroxylation is 2. The minimum absolute atomic E-state index is 0.268. The number of amides is 2. The average molecular weight is 474 g/mol. The summed E-state index contributed by atoms with van der Waals surface area (Å²) in [6, 6.07) is 16.0. The number of hydrogen-bond donors (Lipinski definition) is 4. The number of fused-ring (bicyclic) bond motifs is 2. The Bertz CT molecular complexity index is 1270. The van der Waals surface area contributed by atoms with E-state index in [0.29, 0.717) is 36.1 Å². The lowest BCUT2D eigenvalue weighted by Gasteiger charge is -2.37. The SMILES string of the molecule is C[C@H](N)CC1(C(N)=Nc2ccc(F)cc2)c2ccc(C(N)=O)cc2CCc2cc(C(N)=O)ccc21. The maximum atomic E-state index is 13.5. The third kappa shape index (κ3) is 4.52. The number of primary amides is 2. The summed E-state index contributed by atoms with van der Waals surface area (Å²) >= 11 is 0. The second kappa shape index (κ2) is 9.31. The molecule has 0 saturated carbocycles. The molecule has 180 valence electrons. The van der Waals surface area contributed by atoms with Gasteiger partial charge in [0.1, 0.15) is 11.7 Å². The standard InChI is InChI=1S/C27H28FN5O2/c1-15(29)14-27(26(32)33-21-8-6-20(28)7-9-21)22-10-4-18(24(30)34)12-16(22)2-3-17-13-19(25(31)35)5-11-23(17)27/h4-13,15H,2-3,14,29H2,1H3,(H2,30,34)(H2,31,35)(H2,32,33)/t15-/m0/s1. The highest BCUT2D eigenvalue weighted by molar-refractivity contribution is 5.99. The molecule has 7 nitrogen and oxygen atoms in total. The summed E-state index contributed by atoms with van der Waals surface area (Å²) < 4.78 is 13.5. The highest BCUT2D eigenvalue weighted by atomic mass is 19.1. The molecule has 0 bridgehead atoms. The van der Waals surface area contributed by atoms with E-state index in [9.17, 15) is 14.0 Å². The molecule has 0 aromatic heterocycles. The number of rotatable bonds is 6. The van der Waals surface area contributed by atoms with Gasteiger partial charge in [0.2, 0.25) is 11.8 Å². The quantitative estimate of drug-likeness (QED) is 0.321. The largest absolute Gasteiger partial charge is 0.386 e. The summed E-state index contributed by atoms with van der Waals surface area (Å²) in [6.45, 7) is 1.88. The van der Waals surface area contributed by atoms with E-state index in [1.807, 2.05) is 19.1 Å². The van der Waals surface area contributed by atoms with Crippen molar-refractivity contribution in [1.82, 2.24) is 0 Å². The molecule has 1 aliphatic rings. The number of carbonyl (C=O) groups excluding carboxylic acids is 2. The fourth-order valence-electron chi connectivity index (χ4n) is 4.99. The van der Waals surface area contributed by atoms with Gasteiger partial charge in [0, 0.05) is 17.2 Å². The first kappa shape index (κ1) is 24.1. The van der Waals surface area contributed by atoms with Crippen LogP contribution in [-0.4, -0.2) is 23.7 Å². The lowest BCUT2D eigenvalue weighted by molar-refractivity contribution is 0.0991. The van der Waals surface area contributed by atoms with E-state index < -0.39 is 17.2 Å². The molecule has 0 unspecified atom stereocenters. The Labute approximate surface area is 203 Å². The van der Waals surface area contributed by atoms with Crippen LogP contribution in [0.5, 0.6) is 0 Å². The second-order valence-corrected chi connectivity index (χ2v) is 9.03. The van der Waals surface area contributed by atoms with Crippen molar-refractivity contribution in [2.45, 2.75) is 37.6 Å². The van der Waals surface area contributed by atoms with Crippen molar-refractivity contribution in [3.8, 4) is 0 Å². The van der Waals surface area contributed by atoms with Crippen molar-refractivity contribution in [2.24, 2.45) is 27.9 Å². The van der Waals surface area contributed by atoms with Crippen LogP contribution < -0.4 is 22.9 Å². The smallest absolute Gasteiger partial charge is 0.248 e. The van der Waals surface area contributed by atoms with Gasteiger partial charge in [-0.05, 0) is 97.0 Å². The number of carbonyl (C=O) groups is 2. The van der Waals surface area contributed by atoms with Crippen LogP contribution in [0, 0.1) is 5.82 Å². The van der Waals surface area contributed by atoms with Crippen molar-refractivity contribution in [3.63, 3.8) is 0 Å². The fourth-order valence-corrected chi connectivity index (χ4v) is 4.99. The first-order valence-electron chi connectivity index (χ1n) is 11.3. The molecule has 0 heterocycles. The number of nitrogens with two attached hydrogens (primary N) is 4. The van der Waals surface area contributed by atoms with Crippen LogP contribution in [0.4, 0.5) is 10.1 Å². The van der Waals surface area contributed by atoms with E-state index in [2.05, 4.69) is 0 Å². The molecule has 0 fully saturated rings. The van der Waals surface area contributed by atoms with Crippen LogP contribution in [-0.2, 0) is 18.3 Å². The highest BCUT2D eigenvalue weighted by Gasteiger charge is 2.44. The number of hydrogen-bond acceptors (Lipinski definition) is 4. The minimum Gasteiger partial charge on any atom is -0.386 e. The van der Waals surface area contributed by atoms with Crippen LogP contribution >= 0.6 is 0 Å². The van der Waals surface area contributed by atoms with Gasteiger partial charge in [-0.15, -0.1) is 0 Å². The maximum Gasteiger partial charge on any atom is 0.248 e. The molecule has 3 aromatic carbocycles. The van der Waals surface area contributed by atoms with Gasteiger partial charge in [-0.25, -0.2) is 9.38 Å². The minimum atomic E-state index is -0.976. The van der Waals surface area contributed by atoms with Gasteiger partial charge in [0.05, 0.1) is 11.1 Å². The summed E-state index contributed by atoms with van der Waals surface area (Å²) in [4.78, 5) is 28.5. The van der Waals surface area contributed by atoms with Gasteiger partial charge < -0.3 is 22.9 Å². The number of aliphatic imine (C=N–C) groups is 1. The molecule has 8 N–H and O–H groups in total. The van der Waals surface area contributed by atoms with Gasteiger partial charge in [-0.1, -0.05) is 12.1 Å². The Hall–Kier alpha value is -4.04. The molecule has 4 rings (SSSR count). The lowest BCUT2D eigenvalue weighted by Crippen LogP contribution is -2.46. The first-order valence-corrected chi connectivity index (χ1v) is 11.3.